The molecule has 1 atom stereocenters. The Morgan fingerprint density at radius 3 is 2.48 bits per heavy atom. The van der Waals surface area contributed by atoms with Gasteiger partial charge in [-0.15, -0.1) is 0 Å². The summed E-state index contributed by atoms with van der Waals surface area (Å²) in [6, 6.07) is 9.71. The number of hydrogen-bond donors (Lipinski definition) is 1. The van der Waals surface area contributed by atoms with E-state index in [1.165, 1.54) is 11.8 Å². The summed E-state index contributed by atoms with van der Waals surface area (Å²) in [4.78, 5) is 21.0. The van der Waals surface area contributed by atoms with E-state index in [4.69, 9.17) is 4.74 Å². The summed E-state index contributed by atoms with van der Waals surface area (Å²) in [5.41, 5.74) is 2.08. The first-order chi connectivity index (χ1) is 12.8. The number of carbonyl (C=O) groups is 1. The van der Waals surface area contributed by atoms with Crippen LogP contribution in [0.5, 0.6) is 5.75 Å². The number of amides is 1. The van der Waals surface area contributed by atoms with Crippen LogP contribution in [0.25, 0.3) is 0 Å². The van der Waals surface area contributed by atoms with Crippen LogP contribution >= 0.6 is 11.8 Å². The van der Waals surface area contributed by atoms with Crippen LogP contribution in [0, 0.1) is 31.1 Å². The third-order valence-corrected chi connectivity index (χ3v) is 5.05. The molecule has 0 saturated heterocycles. The van der Waals surface area contributed by atoms with E-state index in [1.807, 2.05) is 24.3 Å². The minimum Gasteiger partial charge on any atom is -0.497 e. The SMILES string of the molecule is COc1ccc(C(NC(=O)CSc2nc(C)nc(C)c2C#N)C(C)C)cc1. The Bertz CT molecular complexity index is 844. The number of carbonyl (C=O) groups excluding carboxylic acids is 1. The summed E-state index contributed by atoms with van der Waals surface area (Å²) in [7, 11) is 1.62. The van der Waals surface area contributed by atoms with E-state index in [2.05, 4.69) is 35.2 Å². The predicted octanol–water partition coefficient (Wildman–Crippen LogP) is 3.58. The first kappa shape index (κ1) is 20.7. The Labute approximate surface area is 164 Å². The first-order valence-electron chi connectivity index (χ1n) is 8.67. The van der Waals surface area contributed by atoms with Gasteiger partial charge in [0.05, 0.1) is 24.6 Å². The van der Waals surface area contributed by atoms with Crippen molar-refractivity contribution in [1.82, 2.24) is 15.3 Å². The molecule has 142 valence electrons. The lowest BCUT2D eigenvalue weighted by molar-refractivity contribution is -0.119. The van der Waals surface area contributed by atoms with E-state index in [0.29, 0.717) is 22.1 Å². The third kappa shape index (κ3) is 5.44. The van der Waals surface area contributed by atoms with Crippen molar-refractivity contribution in [3.05, 3.63) is 46.9 Å². The minimum atomic E-state index is -0.104. The minimum absolute atomic E-state index is 0.103. The monoisotopic (exact) mass is 384 g/mol. The Morgan fingerprint density at radius 2 is 1.93 bits per heavy atom. The number of rotatable bonds is 7. The molecule has 1 aromatic carbocycles. The number of aromatic nitrogens is 2. The van der Waals surface area contributed by atoms with Gasteiger partial charge in [-0.25, -0.2) is 9.97 Å². The fourth-order valence-electron chi connectivity index (χ4n) is 2.71. The largest absolute Gasteiger partial charge is 0.497 e. The highest BCUT2D eigenvalue weighted by Crippen LogP contribution is 2.25. The maximum atomic E-state index is 12.5. The zero-order chi connectivity index (χ0) is 20.0. The third-order valence-electron chi connectivity index (χ3n) is 4.08. The molecule has 6 nitrogen and oxygen atoms in total. The van der Waals surface area contributed by atoms with Crippen LogP contribution in [0.1, 0.15) is 42.5 Å². The molecule has 0 spiro atoms. The Morgan fingerprint density at radius 1 is 1.26 bits per heavy atom. The van der Waals surface area contributed by atoms with Crippen molar-refractivity contribution in [1.29, 1.82) is 5.26 Å². The molecule has 1 unspecified atom stereocenters. The van der Waals surface area contributed by atoms with Crippen molar-refractivity contribution in [2.24, 2.45) is 5.92 Å². The van der Waals surface area contributed by atoms with Gasteiger partial charge in [-0.2, -0.15) is 5.26 Å². The molecule has 0 aliphatic rings. The lowest BCUT2D eigenvalue weighted by Crippen LogP contribution is -2.33. The van der Waals surface area contributed by atoms with Gasteiger partial charge in [0.15, 0.2) is 0 Å². The van der Waals surface area contributed by atoms with E-state index < -0.39 is 0 Å². The molecule has 0 fully saturated rings. The number of aryl methyl sites for hydroxylation is 2. The Balaban J connectivity index is 2.08. The lowest BCUT2D eigenvalue weighted by Gasteiger charge is -2.23. The standard InChI is InChI=1S/C20H24N4O2S/c1-12(2)19(15-6-8-16(26-5)9-7-15)24-18(25)11-27-20-17(10-21)13(3)22-14(4)23-20/h6-9,12,19H,11H2,1-5H3,(H,24,25). The van der Waals surface area contributed by atoms with Crippen molar-refractivity contribution in [2.75, 3.05) is 12.9 Å². The van der Waals surface area contributed by atoms with Gasteiger partial charge in [0, 0.05) is 0 Å². The second-order valence-corrected chi connectivity index (χ2v) is 7.46. The molecule has 0 aliphatic heterocycles. The van der Waals surface area contributed by atoms with E-state index in [1.54, 1.807) is 21.0 Å². The first-order valence-corrected chi connectivity index (χ1v) is 9.65. The molecule has 1 N–H and O–H groups in total. The summed E-state index contributed by atoms with van der Waals surface area (Å²) in [6.07, 6.45) is 0. The van der Waals surface area contributed by atoms with Crippen molar-refractivity contribution in [2.45, 2.75) is 38.8 Å². The molecule has 0 aliphatic carbocycles. The number of hydrogen-bond acceptors (Lipinski definition) is 6. The van der Waals surface area contributed by atoms with Crippen LogP contribution in [-0.4, -0.2) is 28.7 Å². The summed E-state index contributed by atoms with van der Waals surface area (Å²) < 4.78 is 5.19. The molecule has 27 heavy (non-hydrogen) atoms. The number of benzene rings is 1. The smallest absolute Gasteiger partial charge is 0.230 e. The second-order valence-electron chi connectivity index (χ2n) is 6.50. The van der Waals surface area contributed by atoms with Gasteiger partial charge in [-0.05, 0) is 37.5 Å². The maximum Gasteiger partial charge on any atom is 0.230 e. The number of nitrogens with one attached hydrogen (secondary N) is 1. The summed E-state index contributed by atoms with van der Waals surface area (Å²) in [6.45, 7) is 7.67. The Kier molecular flexibility index (Phi) is 7.19. The average molecular weight is 385 g/mol. The van der Waals surface area contributed by atoms with Crippen LogP contribution in [0.2, 0.25) is 0 Å². The molecule has 1 aromatic heterocycles. The fraction of sp³-hybridized carbons (Fsp3) is 0.400. The van der Waals surface area contributed by atoms with Crippen LogP contribution in [0.15, 0.2) is 29.3 Å². The molecule has 0 saturated carbocycles. The molecule has 2 rings (SSSR count). The molecular formula is C20H24N4O2S. The summed E-state index contributed by atoms with van der Waals surface area (Å²) >= 11 is 1.26. The van der Waals surface area contributed by atoms with Gasteiger partial charge in [0.1, 0.15) is 28.2 Å². The van der Waals surface area contributed by atoms with Crippen molar-refractivity contribution in [3.63, 3.8) is 0 Å². The highest BCUT2D eigenvalue weighted by molar-refractivity contribution is 8.00. The molecule has 1 amide bonds. The number of nitriles is 1. The van der Waals surface area contributed by atoms with Crippen LogP contribution in [0.4, 0.5) is 0 Å². The normalized spacial score (nSPS) is 11.7. The predicted molar refractivity (Wildman–Crippen MR) is 106 cm³/mol. The van der Waals surface area contributed by atoms with Crippen LogP contribution in [0.3, 0.4) is 0 Å². The van der Waals surface area contributed by atoms with E-state index in [9.17, 15) is 10.1 Å². The second kappa shape index (κ2) is 9.38. The fourth-order valence-corrected chi connectivity index (χ4v) is 3.60. The topological polar surface area (TPSA) is 87.9 Å². The maximum absolute atomic E-state index is 12.5. The highest BCUT2D eigenvalue weighted by Gasteiger charge is 2.19. The van der Waals surface area contributed by atoms with Crippen LogP contribution < -0.4 is 10.1 Å². The van der Waals surface area contributed by atoms with E-state index in [0.717, 1.165) is 11.3 Å². The molecule has 0 radical (unpaired) electrons. The molecule has 2 aromatic rings. The zero-order valence-electron chi connectivity index (χ0n) is 16.2. The number of thioether (sulfide) groups is 1. The quantitative estimate of drug-likeness (QED) is 0.580. The van der Waals surface area contributed by atoms with Crippen molar-refractivity contribution in [3.8, 4) is 11.8 Å². The van der Waals surface area contributed by atoms with Crippen LogP contribution in [-0.2, 0) is 4.79 Å². The molecule has 7 heteroatoms. The van der Waals surface area contributed by atoms with E-state index in [-0.39, 0.29) is 23.6 Å². The zero-order valence-corrected chi connectivity index (χ0v) is 17.1. The summed E-state index contributed by atoms with van der Waals surface area (Å²) in [5.74, 6) is 1.68. The Hall–Kier alpha value is -2.59. The lowest BCUT2D eigenvalue weighted by atomic mass is 9.96. The number of ether oxygens (including phenoxy) is 1. The van der Waals surface area contributed by atoms with Gasteiger partial charge in [0.25, 0.3) is 0 Å². The van der Waals surface area contributed by atoms with Crippen molar-refractivity contribution < 1.29 is 9.53 Å². The molecule has 0 bridgehead atoms. The average Bonchev–Trinajstić information content (AvgIpc) is 2.64. The number of methoxy groups -OCH3 is 1. The summed E-state index contributed by atoms with van der Waals surface area (Å²) in [5, 5.41) is 12.9. The molecule has 1 heterocycles. The highest BCUT2D eigenvalue weighted by atomic mass is 32.2. The van der Waals surface area contributed by atoms with Gasteiger partial charge in [0.2, 0.25) is 5.91 Å². The number of nitrogens with zero attached hydrogens (tertiary/aromatic N) is 3. The van der Waals surface area contributed by atoms with Gasteiger partial charge in [-0.1, -0.05) is 37.7 Å². The van der Waals surface area contributed by atoms with Crippen molar-refractivity contribution >= 4 is 17.7 Å². The van der Waals surface area contributed by atoms with E-state index >= 15 is 0 Å². The van der Waals surface area contributed by atoms with Gasteiger partial charge in [-0.3, -0.25) is 4.79 Å². The van der Waals surface area contributed by atoms with Gasteiger partial charge < -0.3 is 10.1 Å². The van der Waals surface area contributed by atoms with Gasteiger partial charge >= 0.3 is 0 Å². The molecular weight excluding hydrogens is 360 g/mol.